The van der Waals surface area contributed by atoms with Gasteiger partial charge in [-0.25, -0.2) is 13.6 Å². The van der Waals surface area contributed by atoms with Gasteiger partial charge in [-0.1, -0.05) is 0 Å². The summed E-state index contributed by atoms with van der Waals surface area (Å²) in [6.07, 6.45) is -3.65. The Balaban J connectivity index is 1.79. The first-order chi connectivity index (χ1) is 16.4. The molecule has 0 unspecified atom stereocenters. The minimum Gasteiger partial charge on any atom is -0.478 e. The number of rotatable bonds is 6. The average molecular weight is 491 g/mol. The molecule has 1 saturated carbocycles. The van der Waals surface area contributed by atoms with Gasteiger partial charge in [-0.15, -0.1) is 0 Å². The third-order valence-electron chi connectivity index (χ3n) is 5.53. The van der Waals surface area contributed by atoms with E-state index in [-0.39, 0.29) is 28.5 Å². The van der Waals surface area contributed by atoms with E-state index >= 15 is 0 Å². The van der Waals surface area contributed by atoms with Gasteiger partial charge in [0.15, 0.2) is 0 Å². The van der Waals surface area contributed by atoms with Gasteiger partial charge in [0, 0.05) is 5.69 Å². The van der Waals surface area contributed by atoms with Crippen LogP contribution >= 0.6 is 0 Å². The molecule has 0 saturated heterocycles. The van der Waals surface area contributed by atoms with E-state index in [9.17, 15) is 31.5 Å². The highest BCUT2D eigenvalue weighted by Gasteiger charge is 2.40. The number of hydrogen-bond donors (Lipinski definition) is 2. The van der Waals surface area contributed by atoms with Gasteiger partial charge in [-0.3, -0.25) is 4.79 Å². The Morgan fingerprint density at radius 3 is 2.29 bits per heavy atom. The molecule has 0 aromatic heterocycles. The highest BCUT2D eigenvalue weighted by Crippen LogP contribution is 2.48. The van der Waals surface area contributed by atoms with Crippen molar-refractivity contribution in [1.29, 1.82) is 0 Å². The molecule has 35 heavy (non-hydrogen) atoms. The van der Waals surface area contributed by atoms with Crippen molar-refractivity contribution in [3.8, 4) is 11.5 Å². The van der Waals surface area contributed by atoms with Crippen LogP contribution in [-0.4, -0.2) is 17.0 Å². The number of halogens is 5. The first kappa shape index (κ1) is 24.2. The lowest BCUT2D eigenvalue weighted by Crippen LogP contribution is -2.17. The van der Waals surface area contributed by atoms with Crippen molar-refractivity contribution in [3.63, 3.8) is 0 Å². The van der Waals surface area contributed by atoms with Crippen LogP contribution in [0.4, 0.5) is 27.6 Å². The van der Waals surface area contributed by atoms with Crippen molar-refractivity contribution in [2.45, 2.75) is 31.9 Å². The van der Waals surface area contributed by atoms with Crippen LogP contribution in [0, 0.1) is 18.6 Å². The number of carbonyl (C=O) groups is 2. The van der Waals surface area contributed by atoms with E-state index in [2.05, 4.69) is 5.32 Å². The predicted molar refractivity (Wildman–Crippen MR) is 116 cm³/mol. The molecule has 0 radical (unpaired) electrons. The number of aryl methyl sites for hydroxylation is 1. The minimum atomic E-state index is -4.71. The Bertz CT molecular complexity index is 1330. The number of aromatic carboxylic acids is 1. The van der Waals surface area contributed by atoms with E-state index in [1.54, 1.807) is 0 Å². The van der Waals surface area contributed by atoms with Crippen molar-refractivity contribution in [2.75, 3.05) is 5.32 Å². The molecular weight excluding hydrogens is 473 g/mol. The maximum atomic E-state index is 13.8. The smallest absolute Gasteiger partial charge is 0.416 e. The number of carbonyl (C=O) groups excluding carboxylic acids is 1. The number of nitrogens with one attached hydrogen (secondary N) is 1. The van der Waals surface area contributed by atoms with Crippen LogP contribution in [-0.2, 0) is 6.18 Å². The molecule has 4 rings (SSSR count). The Hall–Kier alpha value is -3.95. The van der Waals surface area contributed by atoms with Gasteiger partial charge in [0.2, 0.25) is 0 Å². The Morgan fingerprint density at radius 1 is 0.971 bits per heavy atom. The van der Waals surface area contributed by atoms with Crippen molar-refractivity contribution < 1.29 is 41.4 Å². The molecule has 1 fully saturated rings. The quantitative estimate of drug-likeness (QED) is 0.368. The number of benzene rings is 3. The fraction of sp³-hybridized carbons (Fsp3) is 0.200. The minimum absolute atomic E-state index is 0.0442. The van der Waals surface area contributed by atoms with E-state index in [1.165, 1.54) is 13.0 Å². The lowest BCUT2D eigenvalue weighted by Gasteiger charge is -2.19. The van der Waals surface area contributed by atoms with Gasteiger partial charge < -0.3 is 15.2 Å². The van der Waals surface area contributed by atoms with Gasteiger partial charge in [0.1, 0.15) is 23.1 Å². The zero-order valence-electron chi connectivity index (χ0n) is 18.2. The first-order valence-corrected chi connectivity index (χ1v) is 10.5. The van der Waals surface area contributed by atoms with Gasteiger partial charge >= 0.3 is 12.1 Å². The number of carboxylic acids is 1. The predicted octanol–water partition coefficient (Wildman–Crippen LogP) is 6.91. The number of alkyl halides is 3. The number of anilines is 1. The SMILES string of the molecule is Cc1cc(F)ccc1Oc1cc(C(F)(F)F)c(C2CC2)cc1C(=O)Nc1ccc(F)c(C(=O)O)c1. The molecule has 0 heterocycles. The zero-order chi connectivity index (χ0) is 25.5. The van der Waals surface area contributed by atoms with Gasteiger partial charge in [0.25, 0.3) is 5.91 Å². The highest BCUT2D eigenvalue weighted by atomic mass is 19.4. The standard InChI is InChI=1S/C25H18F5NO4/c1-12-8-14(26)4-7-21(12)35-22-11-19(25(28,29)30)16(13-2-3-13)10-18(22)23(32)31-15-5-6-20(27)17(9-15)24(33)34/h4-11,13H,2-3H2,1H3,(H,31,32)(H,33,34). The first-order valence-electron chi connectivity index (χ1n) is 10.5. The second-order valence-electron chi connectivity index (χ2n) is 8.17. The molecule has 1 aliphatic rings. The fourth-order valence-corrected chi connectivity index (χ4v) is 3.65. The molecule has 5 nitrogen and oxygen atoms in total. The van der Waals surface area contributed by atoms with Crippen LogP contribution in [0.1, 0.15) is 56.2 Å². The molecule has 0 aliphatic heterocycles. The topological polar surface area (TPSA) is 75.6 Å². The molecule has 3 aromatic carbocycles. The van der Waals surface area contributed by atoms with Crippen LogP contribution in [0.2, 0.25) is 0 Å². The van der Waals surface area contributed by atoms with Crippen molar-refractivity contribution in [3.05, 3.63) is 88.0 Å². The maximum absolute atomic E-state index is 13.8. The summed E-state index contributed by atoms with van der Waals surface area (Å²) in [7, 11) is 0. The normalized spacial score (nSPS) is 13.4. The molecule has 1 amide bonds. The largest absolute Gasteiger partial charge is 0.478 e. The van der Waals surface area contributed by atoms with Crippen molar-refractivity contribution in [2.24, 2.45) is 0 Å². The fourth-order valence-electron chi connectivity index (χ4n) is 3.65. The van der Waals surface area contributed by atoms with Crippen molar-refractivity contribution in [1.82, 2.24) is 0 Å². The Kier molecular flexibility index (Phi) is 6.23. The molecule has 182 valence electrons. The molecule has 0 spiro atoms. The zero-order valence-corrected chi connectivity index (χ0v) is 18.2. The van der Waals surface area contributed by atoms with E-state index in [0.29, 0.717) is 18.4 Å². The summed E-state index contributed by atoms with van der Waals surface area (Å²) in [4.78, 5) is 24.3. The van der Waals surface area contributed by atoms with Gasteiger partial charge in [-0.05, 0) is 85.3 Å². The number of amides is 1. The summed E-state index contributed by atoms with van der Waals surface area (Å²) < 4.78 is 74.3. The molecule has 3 aromatic rings. The number of ether oxygens (including phenoxy) is 1. The Morgan fingerprint density at radius 2 is 1.69 bits per heavy atom. The molecule has 1 aliphatic carbocycles. The Labute approximate surface area is 196 Å². The lowest BCUT2D eigenvalue weighted by atomic mass is 9.98. The van der Waals surface area contributed by atoms with Crippen molar-refractivity contribution >= 4 is 17.6 Å². The summed E-state index contributed by atoms with van der Waals surface area (Å²) in [6, 6.07) is 8.13. The third-order valence-corrected chi connectivity index (χ3v) is 5.53. The summed E-state index contributed by atoms with van der Waals surface area (Å²) in [5, 5.41) is 11.5. The maximum Gasteiger partial charge on any atom is 0.416 e. The van der Waals surface area contributed by atoms with Crippen LogP contribution in [0.5, 0.6) is 11.5 Å². The molecular formula is C25H18F5NO4. The van der Waals surface area contributed by atoms with Gasteiger partial charge in [-0.2, -0.15) is 13.2 Å². The molecule has 0 atom stereocenters. The average Bonchev–Trinajstić information content (AvgIpc) is 3.61. The van der Waals surface area contributed by atoms with Crippen LogP contribution in [0.3, 0.4) is 0 Å². The van der Waals surface area contributed by atoms with Gasteiger partial charge in [0.05, 0.1) is 16.7 Å². The molecule has 10 heteroatoms. The number of hydrogen-bond acceptors (Lipinski definition) is 3. The number of carboxylic acid groups (broad SMARTS) is 1. The van der Waals surface area contributed by atoms with Crippen LogP contribution < -0.4 is 10.1 Å². The third kappa shape index (κ3) is 5.26. The molecule has 2 N–H and O–H groups in total. The monoisotopic (exact) mass is 491 g/mol. The summed E-state index contributed by atoms with van der Waals surface area (Å²) in [5.41, 5.74) is -1.72. The lowest BCUT2D eigenvalue weighted by molar-refractivity contribution is -0.138. The van der Waals surface area contributed by atoms with E-state index in [0.717, 1.165) is 42.5 Å². The second-order valence-corrected chi connectivity index (χ2v) is 8.17. The van der Waals surface area contributed by atoms with E-state index < -0.39 is 46.6 Å². The molecule has 0 bridgehead atoms. The van der Waals surface area contributed by atoms with E-state index in [1.807, 2.05) is 0 Å². The summed E-state index contributed by atoms with van der Waals surface area (Å²) >= 11 is 0. The van der Waals surface area contributed by atoms with Crippen LogP contribution in [0.15, 0.2) is 48.5 Å². The summed E-state index contributed by atoms with van der Waals surface area (Å²) in [6.45, 7) is 1.49. The highest BCUT2D eigenvalue weighted by molar-refractivity contribution is 6.07. The van der Waals surface area contributed by atoms with E-state index in [4.69, 9.17) is 9.84 Å². The second kappa shape index (κ2) is 9.01. The van der Waals surface area contributed by atoms with Crippen LogP contribution in [0.25, 0.3) is 0 Å². The summed E-state index contributed by atoms with van der Waals surface area (Å²) in [5.74, 6) is -4.78.